The molecule has 3 heteroatoms. The molecule has 0 heterocycles. The Morgan fingerprint density at radius 2 is 2.29 bits per heavy atom. The highest BCUT2D eigenvalue weighted by molar-refractivity contribution is 9.10. The summed E-state index contributed by atoms with van der Waals surface area (Å²) in [7, 11) is 0. The van der Waals surface area contributed by atoms with E-state index in [1.165, 1.54) is 0 Å². The molecular weight excluding hydrogens is 242 g/mol. The van der Waals surface area contributed by atoms with Crippen molar-refractivity contribution in [1.29, 1.82) is 0 Å². The highest BCUT2D eigenvalue weighted by atomic mass is 79.9. The second-order valence-corrected chi connectivity index (χ2v) is 4.01. The van der Waals surface area contributed by atoms with Crippen LogP contribution < -0.4 is 10.5 Å². The molecule has 0 aliphatic heterocycles. The Morgan fingerprint density at radius 3 is 2.86 bits per heavy atom. The average Bonchev–Trinajstić information content (AvgIpc) is 2.19. The van der Waals surface area contributed by atoms with Gasteiger partial charge in [-0.25, -0.2) is 0 Å². The zero-order valence-corrected chi connectivity index (χ0v) is 9.80. The van der Waals surface area contributed by atoms with Gasteiger partial charge in [0.05, 0.1) is 0 Å². The van der Waals surface area contributed by atoms with E-state index in [1.807, 2.05) is 25.1 Å². The van der Waals surface area contributed by atoms with Gasteiger partial charge in [0, 0.05) is 11.0 Å². The van der Waals surface area contributed by atoms with Crippen molar-refractivity contribution < 1.29 is 4.74 Å². The molecule has 0 amide bonds. The van der Waals surface area contributed by atoms with E-state index < -0.39 is 0 Å². The number of aryl methyl sites for hydroxylation is 1. The quantitative estimate of drug-likeness (QED) is 0.840. The van der Waals surface area contributed by atoms with E-state index in [4.69, 9.17) is 10.5 Å². The van der Waals surface area contributed by atoms with Gasteiger partial charge in [-0.2, -0.15) is 0 Å². The Balaban J connectivity index is 2.60. The second kappa shape index (κ2) is 5.17. The van der Waals surface area contributed by atoms with Crippen LogP contribution >= 0.6 is 15.9 Å². The van der Waals surface area contributed by atoms with Crippen molar-refractivity contribution in [2.24, 2.45) is 5.73 Å². The Kier molecular flexibility index (Phi) is 4.17. The Bertz CT molecular complexity index is 336. The first kappa shape index (κ1) is 11.3. The lowest BCUT2D eigenvalue weighted by Crippen LogP contribution is -2.09. The molecule has 0 saturated carbocycles. The molecule has 0 fully saturated rings. The molecule has 1 aromatic rings. The van der Waals surface area contributed by atoms with E-state index >= 15 is 0 Å². The molecule has 1 aromatic carbocycles. The Hall–Kier alpha value is -0.800. The van der Waals surface area contributed by atoms with E-state index in [9.17, 15) is 0 Å². The summed E-state index contributed by atoms with van der Waals surface area (Å²) >= 11 is 3.43. The maximum Gasteiger partial charge on any atom is 0.120 e. The molecule has 0 unspecified atom stereocenters. The molecular formula is C11H14BrNO. The summed E-state index contributed by atoms with van der Waals surface area (Å²) in [6.45, 7) is 6.74. The molecule has 0 atom stereocenters. The van der Waals surface area contributed by atoms with Crippen LogP contribution in [0, 0.1) is 6.92 Å². The van der Waals surface area contributed by atoms with Crippen molar-refractivity contribution in [1.82, 2.24) is 0 Å². The minimum absolute atomic E-state index is 0.468. The Labute approximate surface area is 92.9 Å². The third-order valence-corrected chi connectivity index (χ3v) is 2.75. The van der Waals surface area contributed by atoms with Gasteiger partial charge in [0.2, 0.25) is 0 Å². The minimum Gasteiger partial charge on any atom is -0.489 e. The largest absolute Gasteiger partial charge is 0.489 e. The van der Waals surface area contributed by atoms with Gasteiger partial charge >= 0.3 is 0 Å². The molecule has 0 aliphatic rings. The summed E-state index contributed by atoms with van der Waals surface area (Å²) in [5.74, 6) is 0.848. The monoisotopic (exact) mass is 255 g/mol. The molecule has 0 radical (unpaired) electrons. The normalized spacial score (nSPS) is 9.93. The summed E-state index contributed by atoms with van der Waals surface area (Å²) in [5.41, 5.74) is 7.45. The lowest BCUT2D eigenvalue weighted by Gasteiger charge is -2.08. The van der Waals surface area contributed by atoms with Crippen molar-refractivity contribution in [3.05, 3.63) is 40.4 Å². The van der Waals surface area contributed by atoms with E-state index in [1.54, 1.807) is 0 Å². The predicted molar refractivity (Wildman–Crippen MR) is 62.6 cm³/mol. The summed E-state index contributed by atoms with van der Waals surface area (Å²) in [6, 6.07) is 5.87. The van der Waals surface area contributed by atoms with E-state index in [-0.39, 0.29) is 0 Å². The molecule has 0 bridgehead atoms. The van der Waals surface area contributed by atoms with E-state index in [2.05, 4.69) is 22.5 Å². The van der Waals surface area contributed by atoms with E-state index in [0.717, 1.165) is 21.4 Å². The van der Waals surface area contributed by atoms with Gasteiger partial charge in [-0.15, -0.1) is 0 Å². The van der Waals surface area contributed by atoms with Crippen LogP contribution in [0.15, 0.2) is 34.8 Å². The van der Waals surface area contributed by atoms with Gasteiger partial charge in [-0.3, -0.25) is 0 Å². The molecule has 76 valence electrons. The van der Waals surface area contributed by atoms with Crippen molar-refractivity contribution in [2.75, 3.05) is 13.2 Å². The van der Waals surface area contributed by atoms with Crippen LogP contribution in [0.4, 0.5) is 0 Å². The number of hydrogen-bond acceptors (Lipinski definition) is 2. The van der Waals surface area contributed by atoms with Crippen LogP contribution in [-0.2, 0) is 0 Å². The predicted octanol–water partition coefficient (Wildman–Crippen LogP) is 2.65. The van der Waals surface area contributed by atoms with Crippen molar-refractivity contribution in [3.8, 4) is 5.75 Å². The first-order valence-electron chi connectivity index (χ1n) is 4.39. The fourth-order valence-electron chi connectivity index (χ4n) is 0.951. The first-order valence-corrected chi connectivity index (χ1v) is 5.18. The van der Waals surface area contributed by atoms with Crippen LogP contribution in [0.3, 0.4) is 0 Å². The van der Waals surface area contributed by atoms with Crippen LogP contribution in [0.25, 0.3) is 0 Å². The van der Waals surface area contributed by atoms with Crippen LogP contribution in [0.1, 0.15) is 5.56 Å². The number of benzene rings is 1. The van der Waals surface area contributed by atoms with Crippen molar-refractivity contribution in [2.45, 2.75) is 6.92 Å². The summed E-state index contributed by atoms with van der Waals surface area (Å²) < 4.78 is 6.58. The standard InChI is InChI=1S/C11H14BrNO/c1-8(6-13)7-14-10-3-4-11(12)9(2)5-10/h3-5H,1,6-7,13H2,2H3. The van der Waals surface area contributed by atoms with Gasteiger partial charge in [0.1, 0.15) is 12.4 Å². The maximum atomic E-state index is 5.49. The summed E-state index contributed by atoms with van der Waals surface area (Å²) in [4.78, 5) is 0. The van der Waals surface area contributed by atoms with Crippen molar-refractivity contribution in [3.63, 3.8) is 0 Å². The zero-order valence-electron chi connectivity index (χ0n) is 8.22. The second-order valence-electron chi connectivity index (χ2n) is 3.15. The van der Waals surface area contributed by atoms with Crippen molar-refractivity contribution >= 4 is 15.9 Å². The molecule has 1 rings (SSSR count). The highest BCUT2D eigenvalue weighted by Gasteiger charge is 1.98. The summed E-state index contributed by atoms with van der Waals surface area (Å²) in [5, 5.41) is 0. The van der Waals surface area contributed by atoms with Gasteiger partial charge in [-0.05, 0) is 36.3 Å². The zero-order chi connectivity index (χ0) is 10.6. The van der Waals surface area contributed by atoms with Gasteiger partial charge in [0.15, 0.2) is 0 Å². The molecule has 14 heavy (non-hydrogen) atoms. The summed E-state index contributed by atoms with van der Waals surface area (Å²) in [6.07, 6.45) is 0. The number of hydrogen-bond donors (Lipinski definition) is 1. The fourth-order valence-corrected chi connectivity index (χ4v) is 1.20. The number of halogens is 1. The molecule has 0 spiro atoms. The molecule has 2 nitrogen and oxygen atoms in total. The number of rotatable bonds is 4. The Morgan fingerprint density at radius 1 is 1.57 bits per heavy atom. The molecule has 0 saturated heterocycles. The topological polar surface area (TPSA) is 35.2 Å². The lowest BCUT2D eigenvalue weighted by atomic mass is 10.2. The molecule has 2 N–H and O–H groups in total. The highest BCUT2D eigenvalue weighted by Crippen LogP contribution is 2.21. The van der Waals surface area contributed by atoms with Gasteiger partial charge < -0.3 is 10.5 Å². The van der Waals surface area contributed by atoms with Crippen LogP contribution in [-0.4, -0.2) is 13.2 Å². The van der Waals surface area contributed by atoms with Crippen LogP contribution in [0.5, 0.6) is 5.75 Å². The minimum atomic E-state index is 0.468. The van der Waals surface area contributed by atoms with E-state index in [0.29, 0.717) is 13.2 Å². The lowest BCUT2D eigenvalue weighted by molar-refractivity contribution is 0.350. The van der Waals surface area contributed by atoms with Crippen LogP contribution in [0.2, 0.25) is 0 Å². The first-order chi connectivity index (χ1) is 6.63. The third kappa shape index (κ3) is 3.16. The van der Waals surface area contributed by atoms with Gasteiger partial charge in [-0.1, -0.05) is 22.5 Å². The fraction of sp³-hybridized carbons (Fsp3) is 0.273. The SMILES string of the molecule is C=C(CN)COc1ccc(Br)c(C)c1. The molecule has 0 aliphatic carbocycles. The average molecular weight is 256 g/mol. The van der Waals surface area contributed by atoms with Gasteiger partial charge in [0.25, 0.3) is 0 Å². The number of ether oxygens (including phenoxy) is 1. The third-order valence-electron chi connectivity index (χ3n) is 1.86. The smallest absolute Gasteiger partial charge is 0.120 e. The number of nitrogens with two attached hydrogens (primary N) is 1. The molecule has 0 aromatic heterocycles. The maximum absolute atomic E-state index is 5.49.